The fourth-order valence-electron chi connectivity index (χ4n) is 7.35. The van der Waals surface area contributed by atoms with E-state index in [0.29, 0.717) is 5.82 Å². The van der Waals surface area contributed by atoms with E-state index in [1.54, 1.807) is 0 Å². The van der Waals surface area contributed by atoms with Crippen molar-refractivity contribution >= 4 is 53.1 Å². The molecule has 0 atom stereocenters. The van der Waals surface area contributed by atoms with Crippen LogP contribution in [0.25, 0.3) is 97.9 Å². The first-order valence-electron chi connectivity index (χ1n) is 17.2. The molecule has 2 heterocycles. The molecule has 8 aromatic carbocycles. The van der Waals surface area contributed by atoms with Crippen molar-refractivity contribution in [3.8, 4) is 56.2 Å². The van der Waals surface area contributed by atoms with Gasteiger partial charge < -0.3 is 0 Å². The van der Waals surface area contributed by atoms with E-state index in [-0.39, 0.29) is 0 Å². The molecular weight excluding hydrogens is 637 g/mol. The zero-order valence-corrected chi connectivity index (χ0v) is 28.4. The van der Waals surface area contributed by atoms with Gasteiger partial charge in [-0.15, -0.1) is 11.3 Å². The first-order valence-corrected chi connectivity index (χ1v) is 18.0. The van der Waals surface area contributed by atoms with Gasteiger partial charge in [0.05, 0.1) is 11.4 Å². The molecule has 3 heteroatoms. The highest BCUT2D eigenvalue weighted by Crippen LogP contribution is 2.42. The largest absolute Gasteiger partial charge is 0.228 e. The van der Waals surface area contributed by atoms with Crippen LogP contribution in [0.5, 0.6) is 0 Å². The summed E-state index contributed by atoms with van der Waals surface area (Å²) in [6, 6.07) is 65.0. The van der Waals surface area contributed by atoms with Crippen molar-refractivity contribution in [2.75, 3.05) is 0 Å². The highest BCUT2D eigenvalue weighted by molar-refractivity contribution is 7.26. The van der Waals surface area contributed by atoms with Gasteiger partial charge in [-0.3, -0.25) is 0 Å². The van der Waals surface area contributed by atoms with Gasteiger partial charge in [-0.2, -0.15) is 0 Å². The normalized spacial score (nSPS) is 11.5. The van der Waals surface area contributed by atoms with Crippen molar-refractivity contribution in [1.29, 1.82) is 0 Å². The predicted octanol–water partition coefficient (Wildman–Crippen LogP) is 13.5. The van der Waals surface area contributed by atoms with E-state index < -0.39 is 0 Å². The molecule has 0 saturated heterocycles. The third-order valence-corrected chi connectivity index (χ3v) is 11.0. The molecule has 0 aliphatic heterocycles. The molecule has 0 aliphatic rings. The summed E-state index contributed by atoms with van der Waals surface area (Å²) >= 11 is 1.87. The minimum Gasteiger partial charge on any atom is -0.228 e. The number of nitrogens with zero attached hydrogens (tertiary/aromatic N) is 2. The Labute approximate surface area is 300 Å². The van der Waals surface area contributed by atoms with E-state index in [1.807, 2.05) is 35.6 Å². The molecular formula is C48H30N2S. The monoisotopic (exact) mass is 666 g/mol. The van der Waals surface area contributed by atoms with Gasteiger partial charge in [0.15, 0.2) is 5.82 Å². The maximum Gasteiger partial charge on any atom is 0.160 e. The van der Waals surface area contributed by atoms with Crippen molar-refractivity contribution in [3.05, 3.63) is 182 Å². The van der Waals surface area contributed by atoms with Crippen molar-refractivity contribution in [2.45, 2.75) is 0 Å². The first-order chi connectivity index (χ1) is 25.2. The Balaban J connectivity index is 1.17. The minimum atomic E-state index is 0.713. The van der Waals surface area contributed by atoms with Crippen LogP contribution in [0, 0.1) is 0 Å². The summed E-state index contributed by atoms with van der Waals surface area (Å²) in [6.07, 6.45) is 0. The number of thiophene rings is 1. The molecule has 10 aromatic rings. The molecule has 0 saturated carbocycles. The van der Waals surface area contributed by atoms with Gasteiger partial charge in [0.2, 0.25) is 0 Å². The molecule has 2 aromatic heterocycles. The standard InChI is InChI=1S/C48H30N2S/c1-4-12-31(13-5-1)36-26-37(28-38(27-36)44-30-43(33-15-6-2-7-16-33)49-48(50-44)34-17-8-3-9-18-34)35-21-23-42-46(29-35)51-45-25-24-40-39-19-11-10-14-32(39)20-22-41(40)47(42)45/h1-30H. The number of rotatable bonds is 5. The minimum absolute atomic E-state index is 0.713. The molecule has 0 amide bonds. The van der Waals surface area contributed by atoms with Crippen LogP contribution in [0.2, 0.25) is 0 Å². The van der Waals surface area contributed by atoms with E-state index in [1.165, 1.54) is 52.8 Å². The Hall–Kier alpha value is -6.42. The summed E-state index contributed by atoms with van der Waals surface area (Å²) in [5.41, 5.74) is 9.56. The van der Waals surface area contributed by atoms with E-state index in [2.05, 4.69) is 158 Å². The SMILES string of the molecule is c1ccc(-c2cc(-c3ccc4c(c3)sc3ccc5c6ccccc6ccc5c34)cc(-c3cc(-c4ccccc4)nc(-c4ccccc4)n3)c2)cc1. The Bertz CT molecular complexity index is 2840. The molecule has 0 fully saturated rings. The molecule has 2 nitrogen and oxygen atoms in total. The average Bonchev–Trinajstić information content (AvgIpc) is 3.60. The van der Waals surface area contributed by atoms with Gasteiger partial charge in [0, 0.05) is 36.9 Å². The van der Waals surface area contributed by atoms with E-state index in [4.69, 9.17) is 9.97 Å². The van der Waals surface area contributed by atoms with Gasteiger partial charge in [-0.05, 0) is 80.2 Å². The number of fused-ring (bicyclic) bond motifs is 7. The molecule has 0 unspecified atom stereocenters. The van der Waals surface area contributed by atoms with E-state index in [0.717, 1.165) is 39.2 Å². The maximum atomic E-state index is 5.19. The van der Waals surface area contributed by atoms with Crippen LogP contribution in [0.3, 0.4) is 0 Å². The highest BCUT2D eigenvalue weighted by atomic mass is 32.1. The van der Waals surface area contributed by atoms with Crippen LogP contribution in [0.15, 0.2) is 182 Å². The molecule has 238 valence electrons. The lowest BCUT2D eigenvalue weighted by molar-refractivity contribution is 1.18. The number of hydrogen-bond acceptors (Lipinski definition) is 3. The predicted molar refractivity (Wildman–Crippen MR) is 217 cm³/mol. The van der Waals surface area contributed by atoms with Crippen LogP contribution in [-0.4, -0.2) is 9.97 Å². The van der Waals surface area contributed by atoms with Gasteiger partial charge >= 0.3 is 0 Å². The lowest BCUT2D eigenvalue weighted by Gasteiger charge is -2.13. The fraction of sp³-hybridized carbons (Fsp3) is 0. The molecule has 0 N–H and O–H groups in total. The van der Waals surface area contributed by atoms with Crippen molar-refractivity contribution in [2.24, 2.45) is 0 Å². The average molecular weight is 667 g/mol. The summed E-state index contributed by atoms with van der Waals surface area (Å²) in [5, 5.41) is 7.83. The lowest BCUT2D eigenvalue weighted by Crippen LogP contribution is -1.96. The van der Waals surface area contributed by atoms with Crippen LogP contribution in [0.4, 0.5) is 0 Å². The van der Waals surface area contributed by atoms with E-state index >= 15 is 0 Å². The molecule has 0 bridgehead atoms. The van der Waals surface area contributed by atoms with Crippen LogP contribution in [0.1, 0.15) is 0 Å². The first kappa shape index (κ1) is 29.5. The van der Waals surface area contributed by atoms with Gasteiger partial charge in [-0.25, -0.2) is 9.97 Å². The summed E-state index contributed by atoms with van der Waals surface area (Å²) < 4.78 is 2.60. The van der Waals surface area contributed by atoms with E-state index in [9.17, 15) is 0 Å². The zero-order valence-electron chi connectivity index (χ0n) is 27.6. The van der Waals surface area contributed by atoms with Crippen LogP contribution < -0.4 is 0 Å². The Morgan fingerprint density at radius 2 is 0.902 bits per heavy atom. The van der Waals surface area contributed by atoms with Crippen LogP contribution in [-0.2, 0) is 0 Å². The summed E-state index contributed by atoms with van der Waals surface area (Å²) in [7, 11) is 0. The van der Waals surface area contributed by atoms with Gasteiger partial charge in [-0.1, -0.05) is 146 Å². The fourth-order valence-corrected chi connectivity index (χ4v) is 8.51. The summed E-state index contributed by atoms with van der Waals surface area (Å²) in [6.45, 7) is 0. The topological polar surface area (TPSA) is 25.8 Å². The second-order valence-corrected chi connectivity index (χ2v) is 14.1. The van der Waals surface area contributed by atoms with Crippen molar-refractivity contribution in [3.63, 3.8) is 0 Å². The van der Waals surface area contributed by atoms with Gasteiger partial charge in [0.25, 0.3) is 0 Å². The summed E-state index contributed by atoms with van der Waals surface area (Å²) in [5.74, 6) is 0.713. The number of hydrogen-bond donors (Lipinski definition) is 0. The molecule has 10 rings (SSSR count). The quantitative estimate of drug-likeness (QED) is 0.171. The Morgan fingerprint density at radius 1 is 0.314 bits per heavy atom. The van der Waals surface area contributed by atoms with Crippen molar-refractivity contribution in [1.82, 2.24) is 9.97 Å². The second kappa shape index (κ2) is 12.2. The molecule has 0 spiro atoms. The van der Waals surface area contributed by atoms with Crippen LogP contribution >= 0.6 is 11.3 Å². The smallest absolute Gasteiger partial charge is 0.160 e. The molecule has 0 aliphatic carbocycles. The van der Waals surface area contributed by atoms with Gasteiger partial charge in [0.1, 0.15) is 0 Å². The van der Waals surface area contributed by atoms with Crippen molar-refractivity contribution < 1.29 is 0 Å². The summed E-state index contributed by atoms with van der Waals surface area (Å²) in [4.78, 5) is 10.2. The highest BCUT2D eigenvalue weighted by Gasteiger charge is 2.15. The maximum absolute atomic E-state index is 5.19. The Kier molecular flexibility index (Phi) is 7.04. The zero-order chi connectivity index (χ0) is 33.7. The third-order valence-electron chi connectivity index (χ3n) is 9.86. The molecule has 0 radical (unpaired) electrons. The number of aromatic nitrogens is 2. The number of benzene rings is 8. The Morgan fingerprint density at radius 3 is 1.67 bits per heavy atom. The molecule has 51 heavy (non-hydrogen) atoms. The lowest BCUT2D eigenvalue weighted by atomic mass is 9.93. The third kappa shape index (κ3) is 5.27. The second-order valence-electron chi connectivity index (χ2n) is 13.0.